The quantitative estimate of drug-likeness (QED) is 0.362. The summed E-state index contributed by atoms with van der Waals surface area (Å²) in [6.45, 7) is 3.43. The molecule has 0 amide bonds. The molecule has 0 aliphatic heterocycles. The van der Waals surface area contributed by atoms with E-state index in [-0.39, 0.29) is 16.7 Å². The first-order valence-electron chi connectivity index (χ1n) is 10.0. The zero-order valence-electron chi connectivity index (χ0n) is 17.9. The average Bonchev–Trinajstić information content (AvgIpc) is 3.50. The first-order valence-corrected chi connectivity index (χ1v) is 11.5. The Bertz CT molecular complexity index is 1630. The van der Waals surface area contributed by atoms with Gasteiger partial charge in [-0.1, -0.05) is 13.8 Å². The molecule has 11 nitrogen and oxygen atoms in total. The molecule has 0 fully saturated rings. The van der Waals surface area contributed by atoms with Crippen LogP contribution in [-0.2, 0) is 21.9 Å². The van der Waals surface area contributed by atoms with E-state index in [1.165, 1.54) is 23.0 Å². The highest BCUT2D eigenvalue weighted by molar-refractivity contribution is 7.90. The molecule has 0 aliphatic carbocycles. The second kappa shape index (κ2) is 7.52. The molecule has 0 unspecified atom stereocenters. The summed E-state index contributed by atoms with van der Waals surface area (Å²) in [5.74, 6) is -0.545. The summed E-state index contributed by atoms with van der Waals surface area (Å²) in [6, 6.07) is 4.83. The Hall–Kier alpha value is -4.06. The van der Waals surface area contributed by atoms with E-state index in [0.717, 1.165) is 9.65 Å². The van der Waals surface area contributed by atoms with Gasteiger partial charge < -0.3 is 4.74 Å². The van der Waals surface area contributed by atoms with E-state index in [2.05, 4.69) is 20.2 Å². The largest absolute Gasteiger partial charge is 0.425 e. The fraction of sp³-hybridized carbons (Fsp3) is 0.190. The summed E-state index contributed by atoms with van der Waals surface area (Å²) in [6.07, 6.45) is 9.16. The van der Waals surface area contributed by atoms with E-state index in [1.807, 2.05) is 6.20 Å². The lowest BCUT2D eigenvalue weighted by Gasteiger charge is -2.09. The highest BCUT2D eigenvalue weighted by Gasteiger charge is 2.26. The van der Waals surface area contributed by atoms with Crippen LogP contribution >= 0.6 is 0 Å². The molecule has 0 radical (unpaired) electrons. The number of ether oxygens (including phenoxy) is 1. The monoisotopic (exact) mass is 465 g/mol. The number of hydrogen-bond donors (Lipinski definition) is 0. The number of carbonyl (C=O) groups excluding carboxylic acids is 1. The zero-order valence-corrected chi connectivity index (χ0v) is 18.8. The average molecular weight is 465 g/mol. The van der Waals surface area contributed by atoms with Crippen molar-refractivity contribution < 1.29 is 17.9 Å². The van der Waals surface area contributed by atoms with E-state index >= 15 is 0 Å². The molecule has 0 saturated carbocycles. The lowest BCUT2D eigenvalue weighted by molar-refractivity contribution is -0.137. The van der Waals surface area contributed by atoms with Crippen molar-refractivity contribution in [3.05, 3.63) is 55.4 Å². The van der Waals surface area contributed by atoms with Gasteiger partial charge in [0.1, 0.15) is 22.4 Å². The maximum atomic E-state index is 13.6. The summed E-state index contributed by atoms with van der Waals surface area (Å²) < 4.78 is 36.4. The Balaban J connectivity index is 1.62. The molecule has 0 N–H and O–H groups in total. The van der Waals surface area contributed by atoms with Crippen LogP contribution in [0, 0.1) is 5.92 Å². The minimum absolute atomic E-state index is 0.128. The van der Waals surface area contributed by atoms with Crippen LogP contribution in [0.25, 0.3) is 27.8 Å². The summed E-state index contributed by atoms with van der Waals surface area (Å²) >= 11 is 0. The van der Waals surface area contributed by atoms with Crippen LogP contribution in [0.2, 0.25) is 0 Å². The third kappa shape index (κ3) is 3.53. The first kappa shape index (κ1) is 20.8. The van der Waals surface area contributed by atoms with Crippen molar-refractivity contribution in [2.24, 2.45) is 13.0 Å². The van der Waals surface area contributed by atoms with Crippen LogP contribution in [0.1, 0.15) is 13.8 Å². The second-order valence-corrected chi connectivity index (χ2v) is 9.50. The van der Waals surface area contributed by atoms with Crippen molar-refractivity contribution in [2.75, 3.05) is 0 Å². The molecule has 0 aliphatic rings. The summed E-state index contributed by atoms with van der Waals surface area (Å²) in [7, 11) is -2.36. The summed E-state index contributed by atoms with van der Waals surface area (Å²) in [5, 5.41) is 8.10. The van der Waals surface area contributed by atoms with Gasteiger partial charge in [-0.2, -0.15) is 22.7 Å². The summed E-state index contributed by atoms with van der Waals surface area (Å²) in [5.41, 5.74) is 2.61. The van der Waals surface area contributed by atoms with Gasteiger partial charge >= 0.3 is 16.0 Å². The van der Waals surface area contributed by atoms with Crippen molar-refractivity contribution in [3.8, 4) is 16.9 Å². The number of aromatic nitrogens is 7. The van der Waals surface area contributed by atoms with E-state index in [9.17, 15) is 13.2 Å². The molecular weight excluding hydrogens is 446 g/mol. The predicted octanol–water partition coefficient (Wildman–Crippen LogP) is 2.28. The van der Waals surface area contributed by atoms with Crippen molar-refractivity contribution in [1.29, 1.82) is 0 Å². The van der Waals surface area contributed by atoms with Crippen LogP contribution in [0.4, 0.5) is 0 Å². The molecule has 0 spiro atoms. The van der Waals surface area contributed by atoms with E-state index in [1.54, 1.807) is 56.2 Å². The van der Waals surface area contributed by atoms with Gasteiger partial charge in [0.25, 0.3) is 0 Å². The lowest BCUT2D eigenvalue weighted by atomic mass is 10.1. The van der Waals surface area contributed by atoms with E-state index in [0.29, 0.717) is 22.2 Å². The third-order valence-electron chi connectivity index (χ3n) is 5.05. The minimum atomic E-state index is -4.16. The fourth-order valence-electron chi connectivity index (χ4n) is 3.32. The number of imidazole rings is 1. The predicted molar refractivity (Wildman–Crippen MR) is 118 cm³/mol. The molecule has 0 atom stereocenters. The van der Waals surface area contributed by atoms with Crippen LogP contribution in [0.3, 0.4) is 0 Å². The standard InChI is InChI=1S/C21H19N7O4S/c1-13(2)21(29)32-16-4-5-19-23-10-20(27(19)12-16)33(30,31)28-18-6-14(7-22-17(18)9-25-28)15-8-24-26(3)11-15/h4-13H,1-3H3. The van der Waals surface area contributed by atoms with Gasteiger partial charge in [0, 0.05) is 30.6 Å². The first-order chi connectivity index (χ1) is 15.7. The van der Waals surface area contributed by atoms with Gasteiger partial charge in [-0.25, -0.2) is 4.98 Å². The van der Waals surface area contributed by atoms with Crippen LogP contribution < -0.4 is 4.74 Å². The van der Waals surface area contributed by atoms with Crippen LogP contribution in [-0.4, -0.2) is 47.7 Å². The van der Waals surface area contributed by atoms with Gasteiger partial charge in [-0.3, -0.25) is 18.9 Å². The van der Waals surface area contributed by atoms with Crippen LogP contribution in [0.5, 0.6) is 5.75 Å². The fourth-order valence-corrected chi connectivity index (χ4v) is 4.65. The summed E-state index contributed by atoms with van der Waals surface area (Å²) in [4.78, 5) is 20.5. The van der Waals surface area contributed by atoms with Gasteiger partial charge in [0.15, 0.2) is 5.03 Å². The smallest absolute Gasteiger partial charge is 0.313 e. The zero-order chi connectivity index (χ0) is 23.3. The van der Waals surface area contributed by atoms with Crippen LogP contribution in [0.15, 0.2) is 60.4 Å². The van der Waals surface area contributed by atoms with Crippen molar-refractivity contribution in [1.82, 2.24) is 33.3 Å². The van der Waals surface area contributed by atoms with Crippen molar-refractivity contribution in [2.45, 2.75) is 18.9 Å². The van der Waals surface area contributed by atoms with Gasteiger partial charge in [0.2, 0.25) is 0 Å². The Morgan fingerprint density at radius 2 is 1.82 bits per heavy atom. The number of esters is 1. The van der Waals surface area contributed by atoms with E-state index in [4.69, 9.17) is 4.74 Å². The molecule has 0 bridgehead atoms. The second-order valence-electron chi connectivity index (χ2n) is 7.79. The van der Waals surface area contributed by atoms with Gasteiger partial charge in [0.05, 0.1) is 30.7 Å². The molecule has 5 aromatic rings. The Morgan fingerprint density at radius 1 is 1.00 bits per heavy atom. The highest BCUT2D eigenvalue weighted by atomic mass is 32.2. The van der Waals surface area contributed by atoms with Gasteiger partial charge in [-0.15, -0.1) is 0 Å². The number of nitrogens with zero attached hydrogens (tertiary/aromatic N) is 7. The maximum absolute atomic E-state index is 13.6. The molecule has 12 heteroatoms. The minimum Gasteiger partial charge on any atom is -0.425 e. The number of fused-ring (bicyclic) bond motifs is 2. The molecule has 168 valence electrons. The Morgan fingerprint density at radius 3 is 2.55 bits per heavy atom. The number of hydrogen-bond acceptors (Lipinski definition) is 8. The molecule has 0 aromatic carbocycles. The molecule has 5 heterocycles. The van der Waals surface area contributed by atoms with Crippen molar-refractivity contribution in [3.63, 3.8) is 0 Å². The molecular formula is C21H19N7O4S. The number of pyridine rings is 2. The maximum Gasteiger partial charge on any atom is 0.313 e. The Labute approximate surface area is 188 Å². The highest BCUT2D eigenvalue weighted by Crippen LogP contribution is 2.26. The van der Waals surface area contributed by atoms with Gasteiger partial charge in [-0.05, 0) is 18.2 Å². The number of carbonyl (C=O) groups is 1. The number of aryl methyl sites for hydroxylation is 1. The number of rotatable bonds is 5. The molecule has 0 saturated heterocycles. The molecule has 5 rings (SSSR count). The molecule has 33 heavy (non-hydrogen) atoms. The normalized spacial score (nSPS) is 12.1. The Kier molecular flexibility index (Phi) is 4.74. The van der Waals surface area contributed by atoms with Crippen molar-refractivity contribution >= 4 is 32.7 Å². The van der Waals surface area contributed by atoms with E-state index < -0.39 is 16.0 Å². The molecule has 5 aromatic heterocycles. The lowest BCUT2D eigenvalue weighted by Crippen LogP contribution is -2.17. The SMILES string of the molecule is CC(C)C(=O)Oc1ccc2ncc(S(=O)(=O)n3ncc4ncc(-c5cnn(C)c5)cc43)n2c1. The topological polar surface area (TPSA) is 126 Å². The third-order valence-corrected chi connectivity index (χ3v) is 6.63.